The molecule has 128 valence electrons. The zero-order valence-corrected chi connectivity index (χ0v) is 16.8. The average Bonchev–Trinajstić information content (AvgIpc) is 2.47. The fourth-order valence-corrected chi connectivity index (χ4v) is 9.26. The second kappa shape index (κ2) is 9.15. The van der Waals surface area contributed by atoms with Crippen LogP contribution in [0.1, 0.15) is 59.9 Å². The van der Waals surface area contributed by atoms with E-state index in [1.807, 2.05) is 12.1 Å². The first-order chi connectivity index (χ1) is 10.8. The van der Waals surface area contributed by atoms with Gasteiger partial charge in [0.05, 0.1) is 8.07 Å². The van der Waals surface area contributed by atoms with Gasteiger partial charge in [-0.2, -0.15) is 0 Å². The largest absolute Gasteiger partial charge is 0.508 e. The summed E-state index contributed by atoms with van der Waals surface area (Å²) in [6.45, 7) is 14.3. The van der Waals surface area contributed by atoms with Gasteiger partial charge in [-0.25, -0.2) is 0 Å². The normalized spacial score (nSPS) is 11.9. The first-order valence-corrected chi connectivity index (χ1v) is 11.3. The Morgan fingerprint density at radius 1 is 0.957 bits per heavy atom. The van der Waals surface area contributed by atoms with Gasteiger partial charge < -0.3 is 5.11 Å². The minimum Gasteiger partial charge on any atom is -0.508 e. The number of aromatic hydroxyl groups is 1. The van der Waals surface area contributed by atoms with E-state index in [1.54, 1.807) is 12.1 Å². The van der Waals surface area contributed by atoms with E-state index >= 15 is 0 Å². The van der Waals surface area contributed by atoms with Crippen LogP contribution in [-0.4, -0.2) is 13.2 Å². The molecule has 0 bridgehead atoms. The number of rotatable bonds is 8. The van der Waals surface area contributed by atoms with Gasteiger partial charge in [0.1, 0.15) is 5.75 Å². The number of benzene rings is 1. The summed E-state index contributed by atoms with van der Waals surface area (Å²) >= 11 is 0. The zero-order chi connectivity index (χ0) is 17.5. The van der Waals surface area contributed by atoms with Crippen LogP contribution in [0.25, 0.3) is 0 Å². The van der Waals surface area contributed by atoms with Gasteiger partial charge in [-0.1, -0.05) is 59.4 Å². The third-order valence-corrected chi connectivity index (χ3v) is 11.9. The molecule has 0 fully saturated rings. The lowest BCUT2D eigenvalue weighted by atomic mass is 10.1. The Balaban J connectivity index is 2.63. The fourth-order valence-electron chi connectivity index (χ4n) is 3.86. The molecule has 0 aromatic heterocycles. The predicted molar refractivity (Wildman–Crippen MR) is 105 cm³/mol. The van der Waals surface area contributed by atoms with Gasteiger partial charge in [0.2, 0.25) is 0 Å². The highest BCUT2D eigenvalue weighted by Crippen LogP contribution is 2.42. The lowest BCUT2D eigenvalue weighted by molar-refractivity contribution is 0.475. The molecule has 0 spiro atoms. The van der Waals surface area contributed by atoms with Crippen LogP contribution in [0, 0.1) is 0 Å². The summed E-state index contributed by atoms with van der Waals surface area (Å²) in [7, 11) is -1.45. The lowest BCUT2D eigenvalue weighted by Crippen LogP contribution is -2.42. The number of phenols is 1. The van der Waals surface area contributed by atoms with E-state index in [0.717, 1.165) is 35.9 Å². The van der Waals surface area contributed by atoms with E-state index in [1.165, 1.54) is 5.56 Å². The number of unbranched alkanes of at least 4 members (excludes halogenated alkanes) is 1. The Labute approximate surface area is 144 Å². The van der Waals surface area contributed by atoms with E-state index < -0.39 is 8.07 Å². The summed E-state index contributed by atoms with van der Waals surface area (Å²) in [5, 5.41) is 9.29. The second-order valence-electron chi connectivity index (χ2n) is 7.54. The number of hydrogen-bond acceptors (Lipinski definition) is 1. The SMILES string of the molecule is CC(C)[Si](C=C=CCCCc1ccc(O)cc1)(C(C)C)C(C)C. The molecular weight excluding hydrogens is 296 g/mol. The van der Waals surface area contributed by atoms with Crippen LogP contribution in [0.3, 0.4) is 0 Å². The molecule has 0 saturated heterocycles. The van der Waals surface area contributed by atoms with Crippen LogP contribution >= 0.6 is 0 Å². The van der Waals surface area contributed by atoms with Crippen LogP contribution in [0.15, 0.2) is 41.8 Å². The average molecular weight is 331 g/mol. The monoisotopic (exact) mass is 330 g/mol. The fraction of sp³-hybridized carbons (Fsp3) is 0.571. The maximum atomic E-state index is 9.29. The smallest absolute Gasteiger partial charge is 0.115 e. The number of allylic oxidation sites excluding steroid dienone is 1. The van der Waals surface area contributed by atoms with Crippen molar-refractivity contribution < 1.29 is 5.11 Å². The van der Waals surface area contributed by atoms with Gasteiger partial charge in [0.15, 0.2) is 0 Å². The molecule has 1 aromatic carbocycles. The van der Waals surface area contributed by atoms with Crippen LogP contribution in [-0.2, 0) is 6.42 Å². The summed E-state index contributed by atoms with van der Waals surface area (Å²) in [4.78, 5) is 0. The Morgan fingerprint density at radius 2 is 1.48 bits per heavy atom. The highest BCUT2D eigenvalue weighted by molar-refractivity contribution is 6.87. The summed E-state index contributed by atoms with van der Waals surface area (Å²) in [5.41, 5.74) is 9.54. The molecule has 0 unspecified atom stereocenters. The molecule has 1 N–H and O–H groups in total. The van der Waals surface area contributed by atoms with Crippen LogP contribution in [0.4, 0.5) is 0 Å². The molecule has 2 heteroatoms. The van der Waals surface area contributed by atoms with Gasteiger partial charge >= 0.3 is 0 Å². The Hall–Kier alpha value is -1.24. The highest BCUT2D eigenvalue weighted by Gasteiger charge is 2.40. The van der Waals surface area contributed by atoms with E-state index in [9.17, 15) is 5.11 Å². The van der Waals surface area contributed by atoms with Gasteiger partial charge in [-0.15, -0.1) is 5.73 Å². The van der Waals surface area contributed by atoms with Crippen molar-refractivity contribution in [1.82, 2.24) is 0 Å². The lowest BCUT2D eigenvalue weighted by Gasteiger charge is -2.39. The van der Waals surface area contributed by atoms with Gasteiger partial charge in [0, 0.05) is 0 Å². The van der Waals surface area contributed by atoms with Gasteiger partial charge in [-0.3, -0.25) is 0 Å². The molecule has 0 aliphatic rings. The van der Waals surface area contributed by atoms with Crippen molar-refractivity contribution >= 4 is 8.07 Å². The van der Waals surface area contributed by atoms with Crippen molar-refractivity contribution in [3.63, 3.8) is 0 Å². The van der Waals surface area contributed by atoms with Crippen molar-refractivity contribution in [3.8, 4) is 5.75 Å². The molecule has 1 rings (SSSR count). The predicted octanol–water partition coefficient (Wildman–Crippen LogP) is 6.64. The first kappa shape index (κ1) is 19.8. The zero-order valence-electron chi connectivity index (χ0n) is 15.8. The molecule has 0 aliphatic carbocycles. The van der Waals surface area contributed by atoms with Crippen molar-refractivity contribution in [2.75, 3.05) is 0 Å². The van der Waals surface area contributed by atoms with E-state index in [0.29, 0.717) is 5.75 Å². The minimum atomic E-state index is -1.45. The van der Waals surface area contributed by atoms with Crippen LogP contribution in [0.2, 0.25) is 16.6 Å². The van der Waals surface area contributed by atoms with E-state index in [-0.39, 0.29) is 0 Å². The molecule has 0 amide bonds. The summed E-state index contributed by atoms with van der Waals surface area (Å²) < 4.78 is 0. The quantitative estimate of drug-likeness (QED) is 0.321. The standard InChI is InChI=1S/C21H34OSi/c1-17(2)23(18(3)4,19(5)6)16-10-8-7-9-11-20-12-14-21(22)15-13-20/h8,12-19,22H,7,9,11H2,1-6H3. The summed E-state index contributed by atoms with van der Waals surface area (Å²) in [6, 6.07) is 7.53. The summed E-state index contributed by atoms with van der Waals surface area (Å²) in [5.74, 6) is 0.342. The van der Waals surface area contributed by atoms with Crippen LogP contribution in [0.5, 0.6) is 5.75 Å². The number of aryl methyl sites for hydroxylation is 1. The Kier molecular flexibility index (Phi) is 7.88. The maximum Gasteiger partial charge on any atom is 0.115 e. The van der Waals surface area contributed by atoms with Gasteiger partial charge in [0.25, 0.3) is 0 Å². The van der Waals surface area contributed by atoms with E-state index in [4.69, 9.17) is 0 Å². The molecule has 23 heavy (non-hydrogen) atoms. The van der Waals surface area contributed by atoms with E-state index in [2.05, 4.69) is 59.0 Å². The van der Waals surface area contributed by atoms with Crippen molar-refractivity contribution in [2.24, 2.45) is 0 Å². The Bertz CT molecular complexity index is 498. The van der Waals surface area contributed by atoms with Crippen molar-refractivity contribution in [3.05, 3.63) is 47.3 Å². The molecule has 0 aliphatic heterocycles. The molecular formula is C21H34OSi. The maximum absolute atomic E-state index is 9.29. The van der Waals surface area contributed by atoms with Gasteiger partial charge in [-0.05, 0) is 59.7 Å². The topological polar surface area (TPSA) is 20.2 Å². The molecule has 0 heterocycles. The molecule has 0 atom stereocenters. The van der Waals surface area contributed by atoms with Crippen molar-refractivity contribution in [2.45, 2.75) is 77.4 Å². The molecule has 1 aromatic rings. The highest BCUT2D eigenvalue weighted by atomic mass is 28.3. The number of phenolic OH excluding ortho intramolecular Hbond substituents is 1. The summed E-state index contributed by atoms with van der Waals surface area (Å²) in [6.07, 6.45) is 5.47. The molecule has 0 saturated carbocycles. The van der Waals surface area contributed by atoms with Crippen molar-refractivity contribution in [1.29, 1.82) is 0 Å². The molecule has 1 nitrogen and oxygen atoms in total. The Morgan fingerprint density at radius 3 is 1.96 bits per heavy atom. The third-order valence-electron chi connectivity index (χ3n) is 5.20. The third kappa shape index (κ3) is 5.41. The minimum absolute atomic E-state index is 0.342. The first-order valence-electron chi connectivity index (χ1n) is 9.00. The van der Waals surface area contributed by atoms with Crippen LogP contribution < -0.4 is 0 Å². The molecule has 0 radical (unpaired) electrons. The number of hydrogen-bond donors (Lipinski definition) is 1. The second-order valence-corrected chi connectivity index (χ2v) is 13.3.